The molecule has 4 aromatic rings. The van der Waals surface area contributed by atoms with Crippen molar-refractivity contribution in [2.75, 3.05) is 49.5 Å². The lowest BCUT2D eigenvalue weighted by Gasteiger charge is -2.62. The maximum absolute atomic E-state index is 13.6. The number of piperidine rings is 1. The number of hydrogen-bond acceptors (Lipinski definition) is 11. The lowest BCUT2D eigenvalue weighted by atomic mass is 9.60. The van der Waals surface area contributed by atoms with Crippen LogP contribution in [0.4, 0.5) is 11.6 Å². The van der Waals surface area contributed by atoms with Gasteiger partial charge < -0.3 is 20.0 Å². The highest BCUT2D eigenvalue weighted by Gasteiger charge is 2.54. The van der Waals surface area contributed by atoms with Crippen LogP contribution in [0.15, 0.2) is 77.9 Å². The largest absolute Gasteiger partial charge is 0.371 e. The molecule has 15 heteroatoms. The molecule has 3 saturated heterocycles. The Morgan fingerprint density at radius 3 is 2.54 bits per heavy atom. The highest BCUT2D eigenvalue weighted by atomic mass is 16.2. The number of benzene rings is 1. The average Bonchev–Trinajstić information content (AvgIpc) is 3.90. The molecule has 1 saturated carbocycles. The Labute approximate surface area is 366 Å². The van der Waals surface area contributed by atoms with Gasteiger partial charge in [-0.25, -0.2) is 19.3 Å². The van der Waals surface area contributed by atoms with Crippen molar-refractivity contribution in [2.24, 2.45) is 5.41 Å². The van der Waals surface area contributed by atoms with Crippen LogP contribution in [0.1, 0.15) is 91.9 Å². The second kappa shape index (κ2) is 15.0. The molecule has 15 nitrogen and oxygen atoms in total. The van der Waals surface area contributed by atoms with Crippen LogP contribution < -0.4 is 21.1 Å². The third-order valence-corrected chi connectivity index (χ3v) is 15.0. The van der Waals surface area contributed by atoms with Gasteiger partial charge in [0.15, 0.2) is 11.5 Å². The topological polar surface area (TPSA) is 154 Å². The molecule has 3 aromatic heterocycles. The minimum atomic E-state index is -0.597. The van der Waals surface area contributed by atoms with Crippen molar-refractivity contribution in [1.82, 2.24) is 44.3 Å². The number of pyridine rings is 1. The molecule has 3 unspecified atom stereocenters. The number of allylic oxidation sites excluding steroid dienone is 2. The monoisotopic (exact) mass is 849 g/mol. The summed E-state index contributed by atoms with van der Waals surface area (Å²) in [6.07, 6.45) is 17.2. The van der Waals surface area contributed by atoms with Crippen LogP contribution in [0.5, 0.6) is 0 Å². The minimum Gasteiger partial charge on any atom is -0.371 e. The highest BCUT2D eigenvalue weighted by molar-refractivity contribution is 6.05. The number of nitrogens with zero attached hydrogens (tertiary/aromatic N) is 9. The summed E-state index contributed by atoms with van der Waals surface area (Å²) >= 11 is 0. The van der Waals surface area contributed by atoms with Crippen LogP contribution >= 0.6 is 0 Å². The fourth-order valence-electron chi connectivity index (χ4n) is 11.5. The summed E-state index contributed by atoms with van der Waals surface area (Å²) in [7, 11) is 0. The number of hydrogen-bond donors (Lipinski definition) is 2. The van der Waals surface area contributed by atoms with Crippen LogP contribution in [-0.4, -0.2) is 114 Å². The van der Waals surface area contributed by atoms with E-state index >= 15 is 0 Å². The Bertz CT molecular complexity index is 2690. The summed E-state index contributed by atoms with van der Waals surface area (Å²) in [6, 6.07) is 10.2. The Morgan fingerprint density at radius 2 is 1.79 bits per heavy atom. The first kappa shape index (κ1) is 39.7. The number of carbonyl (C=O) groups is 3. The molecule has 3 aliphatic carbocycles. The summed E-state index contributed by atoms with van der Waals surface area (Å²) in [5.41, 5.74) is 6.78. The van der Waals surface area contributed by atoms with Crippen molar-refractivity contribution >= 4 is 40.4 Å². The van der Waals surface area contributed by atoms with E-state index in [0.29, 0.717) is 65.2 Å². The van der Waals surface area contributed by atoms with Gasteiger partial charge in [-0.05, 0) is 93.3 Å². The number of rotatable bonds is 10. The lowest BCUT2D eigenvalue weighted by molar-refractivity contribution is -0.136. The number of carbonyl (C=O) groups excluding carboxylic acids is 3. The second-order valence-corrected chi connectivity index (χ2v) is 19.2. The third-order valence-electron chi connectivity index (χ3n) is 15.0. The molecule has 2 N–H and O–H groups in total. The molecule has 1 aromatic carbocycles. The number of likely N-dealkylation sites (tertiary alicyclic amines) is 1. The predicted molar refractivity (Wildman–Crippen MR) is 240 cm³/mol. The highest BCUT2D eigenvalue weighted by Crippen LogP contribution is 2.52. The van der Waals surface area contributed by atoms with Gasteiger partial charge in [-0.2, -0.15) is 4.98 Å². The molecular weight excluding hydrogens is 795 g/mol. The van der Waals surface area contributed by atoms with Gasteiger partial charge in [0, 0.05) is 98.4 Å². The predicted octanol–water partition coefficient (Wildman–Crippen LogP) is 4.67. The molecule has 326 valence electrons. The van der Waals surface area contributed by atoms with Gasteiger partial charge in [0.25, 0.3) is 11.5 Å². The minimum absolute atomic E-state index is 0.130. The molecule has 1 spiro atoms. The van der Waals surface area contributed by atoms with Crippen LogP contribution in [0.3, 0.4) is 0 Å². The van der Waals surface area contributed by atoms with Crippen LogP contribution in [-0.2, 0) is 29.1 Å². The first-order valence-corrected chi connectivity index (χ1v) is 22.8. The summed E-state index contributed by atoms with van der Waals surface area (Å²) in [6.45, 7) is 15.1. The number of piperazine rings is 1. The molecule has 11 rings (SSSR count). The van der Waals surface area contributed by atoms with E-state index < -0.39 is 11.6 Å². The second-order valence-electron chi connectivity index (χ2n) is 19.2. The lowest BCUT2D eigenvalue weighted by Crippen LogP contribution is -2.67. The normalized spacial score (nSPS) is 25.5. The number of amides is 3. The van der Waals surface area contributed by atoms with E-state index in [1.54, 1.807) is 21.9 Å². The number of aromatic nitrogens is 5. The first-order valence-electron chi connectivity index (χ1n) is 22.8. The number of fused-ring (bicyclic) bond motifs is 3. The molecule has 4 fully saturated rings. The first-order chi connectivity index (χ1) is 30.5. The average molecular weight is 850 g/mol. The molecule has 4 aliphatic heterocycles. The summed E-state index contributed by atoms with van der Waals surface area (Å²) < 4.78 is 3.48. The Balaban J connectivity index is 0.683. The van der Waals surface area contributed by atoms with E-state index in [4.69, 9.17) is 9.97 Å². The van der Waals surface area contributed by atoms with Gasteiger partial charge >= 0.3 is 0 Å². The number of nitrogens with one attached hydrogen (secondary N) is 2. The zero-order valence-corrected chi connectivity index (χ0v) is 36.2. The van der Waals surface area contributed by atoms with Gasteiger partial charge in [0.2, 0.25) is 17.8 Å². The van der Waals surface area contributed by atoms with Crippen molar-refractivity contribution in [3.63, 3.8) is 0 Å². The molecule has 63 heavy (non-hydrogen) atoms. The molecule has 3 amide bonds. The summed E-state index contributed by atoms with van der Waals surface area (Å²) in [5.74, 6) is 0.800. The van der Waals surface area contributed by atoms with Gasteiger partial charge in [-0.3, -0.25) is 29.4 Å². The standard InChI is InChI=1S/C48H55N11O4/c1-4-18-58-45(63)37-26-49-46(52-42(37)59(58)39-12-8-31-7-6-30(5-2)41(31)50-39)53-47(3)16-14-33(15-17-47)56-28-48(29-56)24-35(25-48)55-21-19-54(20-22-55)34-9-10-36-32(23-34)27-57(44(36)62)38-11-13-40(60)51-43(38)61/h4,8-10,12,14-16,23,26,30,35,38H,1,5-7,11,13,17-22,24-25,27-29H2,2-3H3,(H,49,52,53)(H,51,60,61). The molecular formula is C48H55N11O4. The van der Waals surface area contributed by atoms with E-state index in [0.717, 1.165) is 81.9 Å². The zero-order valence-electron chi connectivity index (χ0n) is 36.2. The third kappa shape index (κ3) is 6.77. The maximum atomic E-state index is 13.6. The van der Waals surface area contributed by atoms with Gasteiger partial charge in [-0.1, -0.05) is 31.2 Å². The van der Waals surface area contributed by atoms with Crippen molar-refractivity contribution in [3.05, 3.63) is 106 Å². The molecule has 7 heterocycles. The van der Waals surface area contributed by atoms with E-state index in [1.165, 1.54) is 24.1 Å². The van der Waals surface area contributed by atoms with Crippen molar-refractivity contribution in [2.45, 2.75) is 102 Å². The van der Waals surface area contributed by atoms with E-state index in [2.05, 4.69) is 81.1 Å². The number of anilines is 2. The Kier molecular flexibility index (Phi) is 9.48. The van der Waals surface area contributed by atoms with Crippen LogP contribution in [0, 0.1) is 5.41 Å². The zero-order chi connectivity index (χ0) is 43.2. The fraction of sp³-hybridized carbons (Fsp3) is 0.479. The summed E-state index contributed by atoms with van der Waals surface area (Å²) in [5, 5.41) is 6.42. The van der Waals surface area contributed by atoms with Crippen molar-refractivity contribution in [3.8, 4) is 5.82 Å². The van der Waals surface area contributed by atoms with E-state index in [9.17, 15) is 19.2 Å². The molecule has 0 radical (unpaired) electrons. The van der Waals surface area contributed by atoms with Gasteiger partial charge in [0.05, 0.1) is 12.1 Å². The van der Waals surface area contributed by atoms with Crippen molar-refractivity contribution < 1.29 is 14.4 Å². The smallest absolute Gasteiger partial charge is 0.278 e. The quantitative estimate of drug-likeness (QED) is 0.169. The van der Waals surface area contributed by atoms with Crippen LogP contribution in [0.25, 0.3) is 16.9 Å². The Hall–Kier alpha value is -6.09. The van der Waals surface area contributed by atoms with E-state index in [-0.39, 0.29) is 29.7 Å². The molecule has 7 aliphatic rings. The van der Waals surface area contributed by atoms with E-state index in [1.807, 2.05) is 22.9 Å². The number of imide groups is 1. The fourth-order valence-corrected chi connectivity index (χ4v) is 11.5. The van der Waals surface area contributed by atoms with Gasteiger partial charge in [-0.15, -0.1) is 6.58 Å². The molecule has 0 bridgehead atoms. The maximum Gasteiger partial charge on any atom is 0.278 e. The SMILES string of the molecule is C=CCn1c(=O)c2cnc(NC3(C)C=CC(N4CC5(CC(N6CCN(c7ccc8c(c7)CN(C7CCC(=O)NC7=O)C8=O)CC6)C5)C4)=CC3)nc2n1-c1ccc2c(n1)C(CC)CC2. The number of aryl methyl sites for hydroxylation is 1. The molecule has 3 atom stereocenters. The Morgan fingerprint density at radius 1 is 0.968 bits per heavy atom. The van der Waals surface area contributed by atoms with Gasteiger partial charge in [0.1, 0.15) is 11.4 Å². The summed E-state index contributed by atoms with van der Waals surface area (Å²) in [4.78, 5) is 74.8. The van der Waals surface area contributed by atoms with Crippen molar-refractivity contribution in [1.29, 1.82) is 0 Å². The van der Waals surface area contributed by atoms with Crippen LogP contribution in [0.2, 0.25) is 0 Å².